The van der Waals surface area contributed by atoms with E-state index in [9.17, 15) is 0 Å². The summed E-state index contributed by atoms with van der Waals surface area (Å²) in [7, 11) is 0. The Hall–Kier alpha value is -1.34. The van der Waals surface area contributed by atoms with Crippen LogP contribution >= 0.6 is 15.9 Å². The molecule has 16 heavy (non-hydrogen) atoms. The lowest BCUT2D eigenvalue weighted by Gasteiger charge is -2.07. The third-order valence-electron chi connectivity index (χ3n) is 2.94. The van der Waals surface area contributed by atoms with Crippen LogP contribution in [0.5, 0.6) is 0 Å². The molecule has 1 aliphatic carbocycles. The van der Waals surface area contributed by atoms with Gasteiger partial charge in [-0.15, -0.1) is 0 Å². The molecule has 0 heterocycles. The van der Waals surface area contributed by atoms with Gasteiger partial charge >= 0.3 is 0 Å². The van der Waals surface area contributed by atoms with Gasteiger partial charge in [0.2, 0.25) is 0 Å². The molecule has 2 aromatic rings. The summed E-state index contributed by atoms with van der Waals surface area (Å²) < 4.78 is 1.27. The van der Waals surface area contributed by atoms with E-state index in [0.29, 0.717) is 0 Å². The first-order valence-corrected chi connectivity index (χ1v) is 6.17. The summed E-state index contributed by atoms with van der Waals surface area (Å²) in [5.74, 6) is 0. The Bertz CT molecular complexity index is 553. The Balaban J connectivity index is 2.20. The van der Waals surface area contributed by atoms with Crippen LogP contribution in [0.3, 0.4) is 0 Å². The highest BCUT2D eigenvalue weighted by Crippen LogP contribution is 2.35. The van der Waals surface area contributed by atoms with Crippen molar-refractivity contribution in [3.05, 3.63) is 64.1 Å². The van der Waals surface area contributed by atoms with Crippen molar-refractivity contribution < 1.29 is 0 Å². The van der Waals surface area contributed by atoms with E-state index >= 15 is 0 Å². The van der Waals surface area contributed by atoms with Gasteiger partial charge in [0.25, 0.3) is 0 Å². The molecule has 0 nitrogen and oxygen atoms in total. The molecule has 0 bridgehead atoms. The van der Waals surface area contributed by atoms with Crippen molar-refractivity contribution in [1.29, 1.82) is 0 Å². The number of halogens is 1. The predicted molar refractivity (Wildman–Crippen MR) is 72.5 cm³/mol. The molecule has 0 saturated heterocycles. The maximum absolute atomic E-state index is 3.59. The summed E-state index contributed by atoms with van der Waals surface area (Å²) >= 11 is 3.59. The van der Waals surface area contributed by atoms with Crippen molar-refractivity contribution >= 4 is 22.0 Å². The van der Waals surface area contributed by atoms with E-state index in [1.54, 1.807) is 0 Å². The van der Waals surface area contributed by atoms with Gasteiger partial charge in [-0.05, 0) is 28.3 Å². The van der Waals surface area contributed by atoms with Gasteiger partial charge < -0.3 is 0 Å². The zero-order valence-electron chi connectivity index (χ0n) is 8.78. The number of hydrogen-bond acceptors (Lipinski definition) is 0. The summed E-state index contributed by atoms with van der Waals surface area (Å²) in [5.41, 5.74) is 5.39. The summed E-state index contributed by atoms with van der Waals surface area (Å²) in [6, 6.07) is 17.1. The number of rotatable bonds is 1. The van der Waals surface area contributed by atoms with Crippen LogP contribution in [0.4, 0.5) is 0 Å². The molecule has 0 spiro atoms. The van der Waals surface area contributed by atoms with Crippen LogP contribution in [-0.2, 0) is 6.42 Å². The standard InChI is InChI=1S/C15H11Br/c16-13-9-12-7-4-8-14(15(12)10-13)11-5-2-1-3-6-11/h1-8,10H,9H2. The third-order valence-corrected chi connectivity index (χ3v) is 3.45. The van der Waals surface area contributed by atoms with Gasteiger partial charge in [-0.3, -0.25) is 0 Å². The van der Waals surface area contributed by atoms with Crippen molar-refractivity contribution in [2.24, 2.45) is 0 Å². The first-order chi connectivity index (χ1) is 7.84. The Morgan fingerprint density at radius 1 is 0.875 bits per heavy atom. The molecular weight excluding hydrogens is 260 g/mol. The minimum Gasteiger partial charge on any atom is -0.0622 e. The second-order valence-electron chi connectivity index (χ2n) is 4.01. The molecule has 0 N–H and O–H groups in total. The highest BCUT2D eigenvalue weighted by Gasteiger charge is 2.14. The van der Waals surface area contributed by atoms with Gasteiger partial charge in [0, 0.05) is 10.9 Å². The van der Waals surface area contributed by atoms with Crippen LogP contribution in [0.2, 0.25) is 0 Å². The fraction of sp³-hybridized carbons (Fsp3) is 0.0667. The highest BCUT2D eigenvalue weighted by atomic mass is 79.9. The van der Waals surface area contributed by atoms with E-state index in [0.717, 1.165) is 6.42 Å². The topological polar surface area (TPSA) is 0 Å². The monoisotopic (exact) mass is 270 g/mol. The number of benzene rings is 2. The van der Waals surface area contributed by atoms with E-state index in [2.05, 4.69) is 70.5 Å². The van der Waals surface area contributed by atoms with Crippen LogP contribution in [0, 0.1) is 0 Å². The molecule has 0 atom stereocenters. The van der Waals surface area contributed by atoms with Crippen molar-refractivity contribution in [2.45, 2.75) is 6.42 Å². The first-order valence-electron chi connectivity index (χ1n) is 5.38. The molecule has 0 amide bonds. The van der Waals surface area contributed by atoms with Gasteiger partial charge in [-0.1, -0.05) is 64.5 Å². The molecule has 0 aliphatic heterocycles. The molecule has 78 valence electrons. The lowest BCUT2D eigenvalue weighted by molar-refractivity contribution is 1.30. The van der Waals surface area contributed by atoms with Gasteiger partial charge in [0.05, 0.1) is 0 Å². The summed E-state index contributed by atoms with van der Waals surface area (Å²) in [5, 5.41) is 0. The molecule has 0 unspecified atom stereocenters. The van der Waals surface area contributed by atoms with Crippen molar-refractivity contribution in [3.63, 3.8) is 0 Å². The van der Waals surface area contributed by atoms with Crippen LogP contribution in [0.25, 0.3) is 17.2 Å². The highest BCUT2D eigenvalue weighted by molar-refractivity contribution is 9.11. The molecule has 1 heteroatoms. The van der Waals surface area contributed by atoms with Crippen molar-refractivity contribution in [3.8, 4) is 11.1 Å². The Morgan fingerprint density at radius 3 is 2.50 bits per heavy atom. The van der Waals surface area contributed by atoms with Gasteiger partial charge in [-0.25, -0.2) is 0 Å². The molecule has 1 aliphatic rings. The quantitative estimate of drug-likeness (QED) is 0.708. The van der Waals surface area contributed by atoms with Crippen LogP contribution in [0.1, 0.15) is 11.1 Å². The minimum atomic E-state index is 1.02. The van der Waals surface area contributed by atoms with Gasteiger partial charge in [0.1, 0.15) is 0 Å². The minimum absolute atomic E-state index is 1.02. The molecule has 2 aromatic carbocycles. The smallest absolute Gasteiger partial charge is 0.00470 e. The molecule has 3 rings (SSSR count). The lowest BCUT2D eigenvalue weighted by Crippen LogP contribution is -1.86. The van der Waals surface area contributed by atoms with Gasteiger partial charge in [0.15, 0.2) is 0 Å². The van der Waals surface area contributed by atoms with E-state index in [1.807, 2.05) is 0 Å². The third kappa shape index (κ3) is 1.61. The summed E-state index contributed by atoms with van der Waals surface area (Å²) in [4.78, 5) is 0. The number of hydrogen-bond donors (Lipinski definition) is 0. The Labute approximate surface area is 104 Å². The largest absolute Gasteiger partial charge is 0.0622 e. The van der Waals surface area contributed by atoms with Crippen molar-refractivity contribution in [1.82, 2.24) is 0 Å². The normalized spacial score (nSPS) is 13.4. The van der Waals surface area contributed by atoms with Crippen LogP contribution in [-0.4, -0.2) is 0 Å². The fourth-order valence-corrected chi connectivity index (χ4v) is 2.73. The van der Waals surface area contributed by atoms with E-state index in [4.69, 9.17) is 0 Å². The molecule has 0 aromatic heterocycles. The average Bonchev–Trinajstić information content (AvgIpc) is 2.70. The van der Waals surface area contributed by atoms with E-state index in [-0.39, 0.29) is 0 Å². The Morgan fingerprint density at radius 2 is 1.69 bits per heavy atom. The zero-order valence-corrected chi connectivity index (χ0v) is 10.4. The maximum atomic E-state index is 3.59. The van der Waals surface area contributed by atoms with E-state index in [1.165, 1.54) is 26.7 Å². The molecular formula is C15H11Br. The number of allylic oxidation sites excluding steroid dienone is 1. The fourth-order valence-electron chi connectivity index (χ4n) is 2.20. The second kappa shape index (κ2) is 3.91. The van der Waals surface area contributed by atoms with E-state index < -0.39 is 0 Å². The zero-order chi connectivity index (χ0) is 11.0. The average molecular weight is 271 g/mol. The molecule has 0 saturated carbocycles. The Kier molecular flexibility index (Phi) is 2.41. The predicted octanol–water partition coefficient (Wildman–Crippen LogP) is 4.65. The molecule has 0 fully saturated rings. The lowest BCUT2D eigenvalue weighted by atomic mass is 9.97. The van der Waals surface area contributed by atoms with Crippen molar-refractivity contribution in [2.75, 3.05) is 0 Å². The van der Waals surface area contributed by atoms with Crippen LogP contribution in [0.15, 0.2) is 53.0 Å². The first kappa shape index (κ1) is 9.86. The van der Waals surface area contributed by atoms with Crippen LogP contribution < -0.4 is 0 Å². The maximum Gasteiger partial charge on any atom is 0.00470 e. The SMILES string of the molecule is BrC1=Cc2c(cccc2-c2ccccc2)C1. The molecule has 0 radical (unpaired) electrons. The number of fused-ring (bicyclic) bond motifs is 1. The summed E-state index contributed by atoms with van der Waals surface area (Å²) in [6.45, 7) is 0. The second-order valence-corrected chi connectivity index (χ2v) is 5.03. The van der Waals surface area contributed by atoms with Gasteiger partial charge in [-0.2, -0.15) is 0 Å². The summed E-state index contributed by atoms with van der Waals surface area (Å²) in [6.07, 6.45) is 3.26.